The second kappa shape index (κ2) is 4.37. The lowest BCUT2D eigenvalue weighted by atomic mass is 9.98. The molecule has 0 saturated carbocycles. The van der Waals surface area contributed by atoms with Crippen LogP contribution in [0.2, 0.25) is 0 Å². The van der Waals surface area contributed by atoms with Crippen LogP contribution in [0.15, 0.2) is 30.3 Å². The SMILES string of the molecule is COC(=O)c1c(C)ccc2cc(C=O)ccc12. The van der Waals surface area contributed by atoms with Crippen LogP contribution in [-0.2, 0) is 4.74 Å². The van der Waals surface area contributed by atoms with E-state index in [-0.39, 0.29) is 5.97 Å². The molecule has 0 aliphatic heterocycles. The molecule has 0 saturated heterocycles. The van der Waals surface area contributed by atoms with Gasteiger partial charge in [-0.25, -0.2) is 4.79 Å². The van der Waals surface area contributed by atoms with E-state index in [1.54, 1.807) is 18.2 Å². The average Bonchev–Trinajstić information content (AvgIpc) is 2.37. The normalized spacial score (nSPS) is 10.2. The van der Waals surface area contributed by atoms with Gasteiger partial charge in [-0.2, -0.15) is 0 Å². The van der Waals surface area contributed by atoms with Crippen LogP contribution in [0, 0.1) is 6.92 Å². The lowest BCUT2D eigenvalue weighted by Gasteiger charge is -2.08. The average molecular weight is 228 g/mol. The number of carbonyl (C=O) groups is 2. The van der Waals surface area contributed by atoms with Gasteiger partial charge in [-0.3, -0.25) is 4.79 Å². The lowest BCUT2D eigenvalue weighted by molar-refractivity contribution is 0.0602. The number of esters is 1. The van der Waals surface area contributed by atoms with Gasteiger partial charge in [0.25, 0.3) is 0 Å². The first-order chi connectivity index (χ1) is 8.17. The van der Waals surface area contributed by atoms with Crippen LogP contribution in [0.3, 0.4) is 0 Å². The first-order valence-corrected chi connectivity index (χ1v) is 5.24. The summed E-state index contributed by atoms with van der Waals surface area (Å²) < 4.78 is 4.77. The van der Waals surface area contributed by atoms with Crippen molar-refractivity contribution >= 4 is 23.0 Å². The third kappa shape index (κ3) is 1.91. The summed E-state index contributed by atoms with van der Waals surface area (Å²) in [5.41, 5.74) is 2.02. The summed E-state index contributed by atoms with van der Waals surface area (Å²) in [7, 11) is 1.36. The summed E-state index contributed by atoms with van der Waals surface area (Å²) in [5.74, 6) is -0.355. The van der Waals surface area contributed by atoms with Crippen molar-refractivity contribution in [3.63, 3.8) is 0 Å². The van der Waals surface area contributed by atoms with Crippen molar-refractivity contribution in [1.29, 1.82) is 0 Å². The van der Waals surface area contributed by atoms with Gasteiger partial charge in [0.2, 0.25) is 0 Å². The van der Waals surface area contributed by atoms with Gasteiger partial charge in [0.1, 0.15) is 6.29 Å². The van der Waals surface area contributed by atoms with Crippen LogP contribution in [-0.4, -0.2) is 19.4 Å². The van der Waals surface area contributed by atoms with Crippen LogP contribution < -0.4 is 0 Å². The molecule has 0 aliphatic carbocycles. The smallest absolute Gasteiger partial charge is 0.338 e. The van der Waals surface area contributed by atoms with Crippen molar-refractivity contribution in [2.24, 2.45) is 0 Å². The van der Waals surface area contributed by atoms with E-state index < -0.39 is 0 Å². The zero-order valence-electron chi connectivity index (χ0n) is 9.69. The Morgan fingerprint density at radius 2 is 2.00 bits per heavy atom. The molecule has 0 heterocycles. The number of hydrogen-bond donors (Lipinski definition) is 0. The molecule has 3 nitrogen and oxygen atoms in total. The fourth-order valence-corrected chi connectivity index (χ4v) is 1.90. The van der Waals surface area contributed by atoms with Crippen molar-refractivity contribution in [3.05, 3.63) is 47.0 Å². The molecular weight excluding hydrogens is 216 g/mol. The molecule has 0 fully saturated rings. The van der Waals surface area contributed by atoms with Gasteiger partial charge in [-0.1, -0.05) is 24.3 Å². The Hall–Kier alpha value is -2.16. The van der Waals surface area contributed by atoms with Crippen LogP contribution >= 0.6 is 0 Å². The standard InChI is InChI=1S/C14H12O3/c1-9-3-5-11-7-10(8-15)4-6-12(11)13(9)14(16)17-2/h3-8H,1-2H3. The maximum absolute atomic E-state index is 11.7. The van der Waals surface area contributed by atoms with Crippen LogP contribution in [0.1, 0.15) is 26.3 Å². The maximum atomic E-state index is 11.7. The quantitative estimate of drug-likeness (QED) is 0.586. The van der Waals surface area contributed by atoms with E-state index in [0.29, 0.717) is 11.1 Å². The number of ether oxygens (including phenoxy) is 1. The molecule has 17 heavy (non-hydrogen) atoms. The van der Waals surface area contributed by atoms with Crippen molar-refractivity contribution in [1.82, 2.24) is 0 Å². The van der Waals surface area contributed by atoms with E-state index in [1.165, 1.54) is 7.11 Å². The van der Waals surface area contributed by atoms with E-state index >= 15 is 0 Å². The molecule has 2 aromatic rings. The van der Waals surface area contributed by atoms with Crippen molar-refractivity contribution < 1.29 is 14.3 Å². The maximum Gasteiger partial charge on any atom is 0.338 e. The van der Waals surface area contributed by atoms with E-state index in [4.69, 9.17) is 4.74 Å². The molecular formula is C14H12O3. The fraction of sp³-hybridized carbons (Fsp3) is 0.143. The predicted molar refractivity (Wildman–Crippen MR) is 65.4 cm³/mol. The molecule has 2 rings (SSSR count). The molecule has 3 heteroatoms. The first-order valence-electron chi connectivity index (χ1n) is 5.24. The van der Waals surface area contributed by atoms with Gasteiger partial charge < -0.3 is 4.74 Å². The van der Waals surface area contributed by atoms with Gasteiger partial charge in [0.05, 0.1) is 12.7 Å². The highest BCUT2D eigenvalue weighted by atomic mass is 16.5. The highest BCUT2D eigenvalue weighted by Gasteiger charge is 2.13. The summed E-state index contributed by atoms with van der Waals surface area (Å²) in [5, 5.41) is 1.67. The number of hydrogen-bond acceptors (Lipinski definition) is 3. The number of rotatable bonds is 2. The molecule has 0 N–H and O–H groups in total. The molecule has 0 radical (unpaired) electrons. The Balaban J connectivity index is 2.77. The second-order valence-corrected chi connectivity index (χ2v) is 3.85. The van der Waals surface area contributed by atoms with Crippen molar-refractivity contribution in [2.75, 3.05) is 7.11 Å². The molecule has 0 aliphatic rings. The zero-order valence-corrected chi connectivity index (χ0v) is 9.69. The summed E-state index contributed by atoms with van der Waals surface area (Å²) >= 11 is 0. The lowest BCUT2D eigenvalue weighted by Crippen LogP contribution is -2.04. The Kier molecular flexibility index (Phi) is 2.91. The second-order valence-electron chi connectivity index (χ2n) is 3.85. The fourth-order valence-electron chi connectivity index (χ4n) is 1.90. The summed E-state index contributed by atoms with van der Waals surface area (Å²) in [6.45, 7) is 1.86. The minimum Gasteiger partial charge on any atom is -0.465 e. The Morgan fingerprint density at radius 1 is 1.24 bits per heavy atom. The Bertz CT molecular complexity index is 600. The van der Waals surface area contributed by atoms with E-state index in [2.05, 4.69) is 0 Å². The van der Waals surface area contributed by atoms with Gasteiger partial charge in [-0.15, -0.1) is 0 Å². The summed E-state index contributed by atoms with van der Waals surface area (Å²) in [4.78, 5) is 22.4. The van der Waals surface area contributed by atoms with Gasteiger partial charge in [-0.05, 0) is 29.3 Å². The summed E-state index contributed by atoms with van der Waals surface area (Å²) in [6, 6.07) is 8.97. The minimum absolute atomic E-state index is 0.355. The van der Waals surface area contributed by atoms with Crippen LogP contribution in [0.25, 0.3) is 10.8 Å². The zero-order chi connectivity index (χ0) is 12.4. The van der Waals surface area contributed by atoms with Gasteiger partial charge >= 0.3 is 5.97 Å². The van der Waals surface area contributed by atoms with Crippen LogP contribution in [0.5, 0.6) is 0 Å². The highest BCUT2D eigenvalue weighted by molar-refractivity contribution is 6.06. The topological polar surface area (TPSA) is 43.4 Å². The first kappa shape index (κ1) is 11.3. The molecule has 0 atom stereocenters. The molecule has 0 aromatic heterocycles. The largest absolute Gasteiger partial charge is 0.465 e. The number of aldehydes is 1. The molecule has 86 valence electrons. The molecule has 0 bridgehead atoms. The predicted octanol–water partition coefficient (Wildman–Crippen LogP) is 2.75. The number of carbonyl (C=O) groups excluding carboxylic acids is 2. The van der Waals surface area contributed by atoms with Crippen molar-refractivity contribution in [3.8, 4) is 0 Å². The molecule has 0 unspecified atom stereocenters. The number of aryl methyl sites for hydroxylation is 1. The third-order valence-corrected chi connectivity index (χ3v) is 2.78. The Labute approximate surface area is 99.0 Å². The number of methoxy groups -OCH3 is 1. The highest BCUT2D eigenvalue weighted by Crippen LogP contribution is 2.23. The molecule has 2 aromatic carbocycles. The number of fused-ring (bicyclic) bond motifs is 1. The molecule has 0 amide bonds. The van der Waals surface area contributed by atoms with E-state index in [9.17, 15) is 9.59 Å². The van der Waals surface area contributed by atoms with Gasteiger partial charge in [0, 0.05) is 5.56 Å². The van der Waals surface area contributed by atoms with E-state index in [0.717, 1.165) is 22.6 Å². The van der Waals surface area contributed by atoms with E-state index in [1.807, 2.05) is 19.1 Å². The minimum atomic E-state index is -0.355. The van der Waals surface area contributed by atoms with Crippen molar-refractivity contribution in [2.45, 2.75) is 6.92 Å². The third-order valence-electron chi connectivity index (χ3n) is 2.78. The molecule has 0 spiro atoms. The monoisotopic (exact) mass is 228 g/mol. The van der Waals surface area contributed by atoms with Crippen LogP contribution in [0.4, 0.5) is 0 Å². The summed E-state index contributed by atoms with van der Waals surface area (Å²) in [6.07, 6.45) is 0.789. The Morgan fingerprint density at radius 3 is 2.65 bits per heavy atom. The van der Waals surface area contributed by atoms with Gasteiger partial charge in [0.15, 0.2) is 0 Å². The number of benzene rings is 2.